The Hall–Kier alpha value is -2.70. The van der Waals surface area contributed by atoms with Crippen LogP contribution in [0.1, 0.15) is 49.8 Å². The number of rotatable bonds is 6. The Kier molecular flexibility index (Phi) is 6.67. The van der Waals surface area contributed by atoms with Crippen LogP contribution < -0.4 is 15.5 Å². The number of nitrogens with one attached hydrogen (secondary N) is 2. The summed E-state index contributed by atoms with van der Waals surface area (Å²) in [5.74, 6) is 1.35. The number of aryl methyl sites for hydroxylation is 1. The summed E-state index contributed by atoms with van der Waals surface area (Å²) in [5.41, 5.74) is 1.94. The first kappa shape index (κ1) is 21.0. The molecule has 0 radical (unpaired) electrons. The van der Waals surface area contributed by atoms with E-state index in [0.29, 0.717) is 5.95 Å². The third kappa shape index (κ3) is 5.43. The van der Waals surface area contributed by atoms with E-state index in [1.54, 1.807) is 12.1 Å². The number of hydrogen-bond acceptors (Lipinski definition) is 5. The smallest absolute Gasteiger partial charge is 0.224 e. The van der Waals surface area contributed by atoms with Gasteiger partial charge in [-0.3, -0.25) is 4.79 Å². The van der Waals surface area contributed by atoms with Crippen molar-refractivity contribution >= 4 is 17.7 Å². The van der Waals surface area contributed by atoms with Gasteiger partial charge in [0, 0.05) is 37.8 Å². The fourth-order valence-corrected chi connectivity index (χ4v) is 3.80. The molecule has 2 N–H and O–H groups in total. The van der Waals surface area contributed by atoms with Crippen LogP contribution in [0.5, 0.6) is 0 Å². The van der Waals surface area contributed by atoms with E-state index >= 15 is 0 Å². The summed E-state index contributed by atoms with van der Waals surface area (Å²) in [4.78, 5) is 23.6. The maximum absolute atomic E-state index is 13.1. The third-order valence-corrected chi connectivity index (χ3v) is 5.53. The van der Waals surface area contributed by atoms with E-state index in [0.717, 1.165) is 42.6 Å². The molecule has 0 unspecified atom stereocenters. The largest absolute Gasteiger partial charge is 0.362 e. The topological polar surface area (TPSA) is 70.1 Å². The SMILES string of the molecule is Cc1cnc(NC2CCC(C(=O)N[C@@H](C)c3ccc(F)cc3)CC2)nc1N(C)C. The second-order valence-corrected chi connectivity index (χ2v) is 8.07. The molecule has 0 saturated heterocycles. The van der Waals surface area contributed by atoms with Crippen molar-refractivity contribution in [2.24, 2.45) is 5.92 Å². The van der Waals surface area contributed by atoms with E-state index < -0.39 is 0 Å². The lowest BCUT2D eigenvalue weighted by Crippen LogP contribution is -2.37. The van der Waals surface area contributed by atoms with Crippen molar-refractivity contribution in [3.8, 4) is 0 Å². The van der Waals surface area contributed by atoms with Gasteiger partial charge in [-0.15, -0.1) is 0 Å². The fraction of sp³-hybridized carbons (Fsp3) is 0.500. The predicted molar refractivity (Wildman–Crippen MR) is 113 cm³/mol. The van der Waals surface area contributed by atoms with Gasteiger partial charge < -0.3 is 15.5 Å². The highest BCUT2D eigenvalue weighted by molar-refractivity contribution is 5.79. The van der Waals surface area contributed by atoms with Crippen LogP contribution in [0.3, 0.4) is 0 Å². The van der Waals surface area contributed by atoms with Crippen molar-refractivity contribution < 1.29 is 9.18 Å². The quantitative estimate of drug-likeness (QED) is 0.772. The van der Waals surface area contributed by atoms with Crippen LogP contribution in [0, 0.1) is 18.7 Å². The minimum absolute atomic E-state index is 0.00669. The summed E-state index contributed by atoms with van der Waals surface area (Å²) in [6.07, 6.45) is 5.29. The molecule has 1 atom stereocenters. The first-order valence-electron chi connectivity index (χ1n) is 10.2. The van der Waals surface area contributed by atoms with E-state index in [-0.39, 0.29) is 29.7 Å². The lowest BCUT2D eigenvalue weighted by Gasteiger charge is -2.29. The van der Waals surface area contributed by atoms with E-state index in [1.807, 2.05) is 39.0 Å². The zero-order chi connectivity index (χ0) is 21.0. The molecule has 6 nitrogen and oxygen atoms in total. The highest BCUT2D eigenvalue weighted by Crippen LogP contribution is 2.27. The normalized spacial score (nSPS) is 20.0. The second-order valence-electron chi connectivity index (χ2n) is 8.07. The average Bonchev–Trinajstić information content (AvgIpc) is 2.70. The van der Waals surface area contributed by atoms with E-state index in [4.69, 9.17) is 0 Å². The van der Waals surface area contributed by atoms with E-state index in [9.17, 15) is 9.18 Å². The van der Waals surface area contributed by atoms with Gasteiger partial charge in [0.2, 0.25) is 11.9 Å². The molecular formula is C22H30FN5O. The molecular weight excluding hydrogens is 369 g/mol. The van der Waals surface area contributed by atoms with Gasteiger partial charge in [0.05, 0.1) is 6.04 Å². The molecule has 1 aromatic carbocycles. The first-order valence-corrected chi connectivity index (χ1v) is 10.2. The molecule has 2 aromatic rings. The molecule has 29 heavy (non-hydrogen) atoms. The Morgan fingerprint density at radius 1 is 1.17 bits per heavy atom. The molecule has 7 heteroatoms. The Morgan fingerprint density at radius 2 is 1.83 bits per heavy atom. The van der Waals surface area contributed by atoms with Gasteiger partial charge in [0.1, 0.15) is 11.6 Å². The molecule has 1 heterocycles. The van der Waals surface area contributed by atoms with Crippen LogP contribution >= 0.6 is 0 Å². The molecule has 0 aliphatic heterocycles. The molecule has 1 aliphatic carbocycles. The van der Waals surface area contributed by atoms with Crippen LogP contribution in [0.4, 0.5) is 16.2 Å². The predicted octanol–water partition coefficient (Wildman–Crippen LogP) is 3.84. The zero-order valence-corrected chi connectivity index (χ0v) is 17.6. The Bertz CT molecular complexity index is 832. The van der Waals surface area contributed by atoms with Gasteiger partial charge in [0.25, 0.3) is 0 Å². The highest BCUT2D eigenvalue weighted by atomic mass is 19.1. The maximum atomic E-state index is 13.1. The van der Waals surface area contributed by atoms with Crippen molar-refractivity contribution in [1.82, 2.24) is 15.3 Å². The first-order chi connectivity index (χ1) is 13.8. The van der Waals surface area contributed by atoms with Crippen molar-refractivity contribution in [2.75, 3.05) is 24.3 Å². The molecule has 1 amide bonds. The summed E-state index contributed by atoms with van der Waals surface area (Å²) < 4.78 is 13.1. The Morgan fingerprint density at radius 3 is 2.45 bits per heavy atom. The molecule has 1 aromatic heterocycles. The van der Waals surface area contributed by atoms with Crippen LogP contribution in [0.15, 0.2) is 30.5 Å². The fourth-order valence-electron chi connectivity index (χ4n) is 3.80. The van der Waals surface area contributed by atoms with E-state index in [2.05, 4.69) is 20.6 Å². The number of nitrogens with zero attached hydrogens (tertiary/aromatic N) is 3. The molecule has 0 spiro atoms. The highest BCUT2D eigenvalue weighted by Gasteiger charge is 2.27. The van der Waals surface area contributed by atoms with Gasteiger partial charge in [-0.05, 0) is 57.2 Å². The van der Waals surface area contributed by atoms with Gasteiger partial charge in [-0.25, -0.2) is 9.37 Å². The van der Waals surface area contributed by atoms with Gasteiger partial charge in [-0.1, -0.05) is 12.1 Å². The monoisotopic (exact) mass is 399 g/mol. The number of amides is 1. The van der Waals surface area contributed by atoms with Gasteiger partial charge >= 0.3 is 0 Å². The number of halogens is 1. The van der Waals surface area contributed by atoms with Gasteiger partial charge in [0.15, 0.2) is 0 Å². The van der Waals surface area contributed by atoms with Crippen molar-refractivity contribution in [3.63, 3.8) is 0 Å². The third-order valence-electron chi connectivity index (χ3n) is 5.53. The van der Waals surface area contributed by atoms with Crippen molar-refractivity contribution in [2.45, 2.75) is 51.6 Å². The van der Waals surface area contributed by atoms with Crippen molar-refractivity contribution in [3.05, 3.63) is 47.4 Å². The molecule has 0 bridgehead atoms. The minimum atomic E-state index is -0.270. The number of benzene rings is 1. The summed E-state index contributed by atoms with van der Waals surface area (Å²) in [6.45, 7) is 3.92. The van der Waals surface area contributed by atoms with Gasteiger partial charge in [-0.2, -0.15) is 4.98 Å². The Balaban J connectivity index is 1.50. The molecule has 1 fully saturated rings. The number of carbonyl (C=O) groups excluding carboxylic acids is 1. The Labute approximate surface area is 171 Å². The van der Waals surface area contributed by atoms with Crippen LogP contribution in [-0.2, 0) is 4.79 Å². The standard InChI is InChI=1S/C22H30FN5O/c1-14-13-24-22(27-20(14)28(3)4)26-19-11-7-17(8-12-19)21(29)25-15(2)16-5-9-18(23)10-6-16/h5-6,9-10,13,15,17,19H,7-8,11-12H2,1-4H3,(H,25,29)(H,24,26,27)/t15-,17?,19?/m0/s1. The number of aromatic nitrogens is 2. The molecule has 1 saturated carbocycles. The van der Waals surface area contributed by atoms with Crippen LogP contribution in [0.25, 0.3) is 0 Å². The lowest BCUT2D eigenvalue weighted by molar-refractivity contribution is -0.126. The second kappa shape index (κ2) is 9.20. The van der Waals surface area contributed by atoms with Crippen LogP contribution in [-0.4, -0.2) is 36.0 Å². The van der Waals surface area contributed by atoms with E-state index in [1.165, 1.54) is 12.1 Å². The molecule has 1 aliphatic rings. The van der Waals surface area contributed by atoms with Crippen molar-refractivity contribution in [1.29, 1.82) is 0 Å². The summed E-state index contributed by atoms with van der Waals surface area (Å²) in [6, 6.07) is 6.40. The summed E-state index contributed by atoms with van der Waals surface area (Å²) in [5, 5.41) is 6.48. The summed E-state index contributed by atoms with van der Waals surface area (Å²) in [7, 11) is 3.94. The number of carbonyl (C=O) groups is 1. The minimum Gasteiger partial charge on any atom is -0.362 e. The zero-order valence-electron chi connectivity index (χ0n) is 17.6. The average molecular weight is 400 g/mol. The summed E-state index contributed by atoms with van der Waals surface area (Å²) >= 11 is 0. The lowest BCUT2D eigenvalue weighted by atomic mass is 9.85. The maximum Gasteiger partial charge on any atom is 0.224 e. The number of hydrogen-bond donors (Lipinski definition) is 2. The molecule has 156 valence electrons. The molecule has 3 rings (SSSR count). The number of anilines is 2. The van der Waals surface area contributed by atoms with Crippen LogP contribution in [0.2, 0.25) is 0 Å².